The molecule has 6 nitrogen and oxygen atoms in total. The van der Waals surface area contributed by atoms with Crippen LogP contribution in [-0.2, 0) is 13.1 Å². The van der Waals surface area contributed by atoms with Crippen molar-refractivity contribution in [3.8, 4) is 0 Å². The average Bonchev–Trinajstić information content (AvgIpc) is 3.00. The van der Waals surface area contributed by atoms with Crippen LogP contribution in [0.3, 0.4) is 0 Å². The first-order valence-electron chi connectivity index (χ1n) is 6.00. The molecule has 0 unspecified atom stereocenters. The number of hydrogen-bond donors (Lipinski definition) is 1. The van der Waals surface area contributed by atoms with Crippen LogP contribution in [-0.4, -0.2) is 24.5 Å². The third kappa shape index (κ3) is 2.14. The lowest BCUT2D eigenvalue weighted by molar-refractivity contribution is 0.521. The SMILES string of the molecule is Nc1nc2c(F)cccc2n1CCCn1ccnn1. The highest BCUT2D eigenvalue weighted by Gasteiger charge is 2.10. The van der Waals surface area contributed by atoms with Gasteiger partial charge in [0.15, 0.2) is 5.82 Å². The second-order valence-corrected chi connectivity index (χ2v) is 4.25. The molecular formula is C12H13FN6. The molecule has 0 spiro atoms. The van der Waals surface area contributed by atoms with Crippen LogP contribution in [0.5, 0.6) is 0 Å². The van der Waals surface area contributed by atoms with Crippen molar-refractivity contribution in [3.05, 3.63) is 36.4 Å². The maximum Gasteiger partial charge on any atom is 0.201 e. The second kappa shape index (κ2) is 4.68. The molecule has 0 saturated carbocycles. The Labute approximate surface area is 108 Å². The van der Waals surface area contributed by atoms with Gasteiger partial charge in [0, 0.05) is 19.3 Å². The van der Waals surface area contributed by atoms with E-state index in [0.717, 1.165) is 18.5 Å². The van der Waals surface area contributed by atoms with Crippen molar-refractivity contribution in [3.63, 3.8) is 0 Å². The zero-order valence-electron chi connectivity index (χ0n) is 10.2. The number of nitrogens with zero attached hydrogens (tertiary/aromatic N) is 5. The molecule has 0 amide bonds. The lowest BCUT2D eigenvalue weighted by Gasteiger charge is -2.06. The summed E-state index contributed by atoms with van der Waals surface area (Å²) in [5, 5.41) is 7.62. The summed E-state index contributed by atoms with van der Waals surface area (Å²) in [7, 11) is 0. The monoisotopic (exact) mass is 260 g/mol. The molecule has 2 N–H and O–H groups in total. The van der Waals surface area contributed by atoms with Crippen LogP contribution in [0, 0.1) is 5.82 Å². The number of nitrogen functional groups attached to an aromatic ring is 1. The molecule has 2 aromatic heterocycles. The van der Waals surface area contributed by atoms with Crippen LogP contribution >= 0.6 is 0 Å². The Morgan fingerprint density at radius 1 is 1.26 bits per heavy atom. The summed E-state index contributed by atoms with van der Waals surface area (Å²) in [4.78, 5) is 4.06. The third-order valence-corrected chi connectivity index (χ3v) is 3.00. The minimum absolute atomic E-state index is 0.320. The van der Waals surface area contributed by atoms with Crippen LogP contribution in [0.4, 0.5) is 10.3 Å². The number of aromatic nitrogens is 5. The Morgan fingerprint density at radius 2 is 2.16 bits per heavy atom. The maximum absolute atomic E-state index is 13.6. The van der Waals surface area contributed by atoms with Gasteiger partial charge in [-0.3, -0.25) is 4.68 Å². The van der Waals surface area contributed by atoms with Crippen molar-refractivity contribution in [2.45, 2.75) is 19.5 Å². The highest BCUT2D eigenvalue weighted by atomic mass is 19.1. The molecule has 7 heteroatoms. The molecule has 0 atom stereocenters. The van der Waals surface area contributed by atoms with E-state index in [9.17, 15) is 4.39 Å². The number of fused-ring (bicyclic) bond motifs is 1. The highest BCUT2D eigenvalue weighted by Crippen LogP contribution is 2.20. The number of rotatable bonds is 4. The normalized spacial score (nSPS) is 11.2. The average molecular weight is 260 g/mol. The number of aryl methyl sites for hydroxylation is 2. The van der Waals surface area contributed by atoms with E-state index in [1.54, 1.807) is 23.1 Å². The lowest BCUT2D eigenvalue weighted by atomic mass is 10.3. The van der Waals surface area contributed by atoms with E-state index in [1.807, 2.05) is 10.6 Å². The Hall–Kier alpha value is -2.44. The number of halogens is 1. The van der Waals surface area contributed by atoms with Gasteiger partial charge in [-0.2, -0.15) is 0 Å². The summed E-state index contributed by atoms with van der Waals surface area (Å²) >= 11 is 0. The number of imidazole rings is 1. The zero-order valence-corrected chi connectivity index (χ0v) is 10.2. The first-order chi connectivity index (χ1) is 9.25. The molecule has 0 radical (unpaired) electrons. The Morgan fingerprint density at radius 3 is 2.95 bits per heavy atom. The van der Waals surface area contributed by atoms with Gasteiger partial charge in [-0.05, 0) is 18.6 Å². The lowest BCUT2D eigenvalue weighted by Crippen LogP contribution is -2.07. The van der Waals surface area contributed by atoms with Gasteiger partial charge >= 0.3 is 0 Å². The molecule has 0 aliphatic carbocycles. The van der Waals surface area contributed by atoms with Crippen molar-refractivity contribution in [1.29, 1.82) is 0 Å². The van der Waals surface area contributed by atoms with Gasteiger partial charge < -0.3 is 10.3 Å². The Bertz CT molecular complexity index is 688. The van der Waals surface area contributed by atoms with Crippen LogP contribution in [0.1, 0.15) is 6.42 Å². The van der Waals surface area contributed by atoms with E-state index in [4.69, 9.17) is 5.73 Å². The second-order valence-electron chi connectivity index (χ2n) is 4.25. The fourth-order valence-corrected chi connectivity index (χ4v) is 2.11. The zero-order chi connectivity index (χ0) is 13.2. The van der Waals surface area contributed by atoms with Gasteiger partial charge in [0.25, 0.3) is 0 Å². The minimum Gasteiger partial charge on any atom is -0.369 e. The molecule has 0 saturated heterocycles. The summed E-state index contributed by atoms with van der Waals surface area (Å²) in [5.74, 6) is -0.0158. The van der Waals surface area contributed by atoms with Gasteiger partial charge in [-0.1, -0.05) is 11.3 Å². The van der Waals surface area contributed by atoms with Crippen molar-refractivity contribution >= 4 is 17.0 Å². The van der Waals surface area contributed by atoms with Crippen molar-refractivity contribution in [2.75, 3.05) is 5.73 Å². The Balaban J connectivity index is 1.81. The van der Waals surface area contributed by atoms with Gasteiger partial charge in [0.05, 0.1) is 11.7 Å². The number of para-hydroxylation sites is 1. The van der Waals surface area contributed by atoms with Crippen molar-refractivity contribution in [1.82, 2.24) is 24.5 Å². The predicted molar refractivity (Wildman–Crippen MR) is 68.7 cm³/mol. The molecule has 0 aliphatic rings. The largest absolute Gasteiger partial charge is 0.369 e. The van der Waals surface area contributed by atoms with Gasteiger partial charge in [-0.15, -0.1) is 5.10 Å². The van der Waals surface area contributed by atoms with E-state index in [-0.39, 0.29) is 5.82 Å². The number of anilines is 1. The summed E-state index contributed by atoms with van der Waals surface area (Å²) in [5.41, 5.74) is 6.87. The van der Waals surface area contributed by atoms with E-state index in [2.05, 4.69) is 15.3 Å². The Kier molecular flexibility index (Phi) is 2.86. The first-order valence-corrected chi connectivity index (χ1v) is 6.00. The first kappa shape index (κ1) is 11.6. The van der Waals surface area contributed by atoms with Gasteiger partial charge in [0.1, 0.15) is 5.52 Å². The number of hydrogen-bond acceptors (Lipinski definition) is 4. The topological polar surface area (TPSA) is 74.5 Å². The molecule has 1 aromatic carbocycles. The summed E-state index contributed by atoms with van der Waals surface area (Å²) in [6.45, 7) is 1.39. The molecular weight excluding hydrogens is 247 g/mol. The quantitative estimate of drug-likeness (QED) is 0.770. The van der Waals surface area contributed by atoms with Crippen molar-refractivity contribution in [2.24, 2.45) is 0 Å². The molecule has 98 valence electrons. The molecule has 2 heterocycles. The molecule has 19 heavy (non-hydrogen) atoms. The van der Waals surface area contributed by atoms with Crippen LogP contribution < -0.4 is 5.73 Å². The molecule has 0 bridgehead atoms. The van der Waals surface area contributed by atoms with Gasteiger partial charge in [0.2, 0.25) is 5.95 Å². The molecule has 3 aromatic rings. The van der Waals surface area contributed by atoms with E-state index in [1.165, 1.54) is 6.07 Å². The number of nitrogens with two attached hydrogens (primary N) is 1. The molecule has 3 rings (SSSR count). The standard InChI is InChI=1S/C12H13FN6/c13-9-3-1-4-10-11(9)16-12(14)19(10)7-2-6-18-8-5-15-17-18/h1,3-5,8H,2,6-7H2,(H2,14,16). The summed E-state index contributed by atoms with van der Waals surface area (Å²) in [6, 6.07) is 4.86. The van der Waals surface area contributed by atoms with E-state index >= 15 is 0 Å². The van der Waals surface area contributed by atoms with E-state index < -0.39 is 0 Å². The van der Waals surface area contributed by atoms with Crippen LogP contribution in [0.2, 0.25) is 0 Å². The van der Waals surface area contributed by atoms with Gasteiger partial charge in [-0.25, -0.2) is 9.37 Å². The third-order valence-electron chi connectivity index (χ3n) is 3.00. The molecule has 0 fully saturated rings. The smallest absolute Gasteiger partial charge is 0.201 e. The minimum atomic E-state index is -0.348. The van der Waals surface area contributed by atoms with Crippen LogP contribution in [0.25, 0.3) is 11.0 Å². The van der Waals surface area contributed by atoms with Crippen LogP contribution in [0.15, 0.2) is 30.6 Å². The fraction of sp³-hybridized carbons (Fsp3) is 0.250. The summed E-state index contributed by atoms with van der Waals surface area (Å²) < 4.78 is 17.1. The molecule has 0 aliphatic heterocycles. The number of benzene rings is 1. The van der Waals surface area contributed by atoms with E-state index in [0.29, 0.717) is 18.0 Å². The highest BCUT2D eigenvalue weighted by molar-refractivity contribution is 5.78. The summed E-state index contributed by atoms with van der Waals surface area (Å²) in [6.07, 6.45) is 4.25. The maximum atomic E-state index is 13.6. The fourth-order valence-electron chi connectivity index (χ4n) is 2.11. The predicted octanol–water partition coefficient (Wildman–Crippen LogP) is 1.44. The van der Waals surface area contributed by atoms with Crippen molar-refractivity contribution < 1.29 is 4.39 Å².